The number of benzene rings is 2. The normalized spacial score (nSPS) is 13.9. The molecule has 0 bridgehead atoms. The molecule has 0 spiro atoms. The van der Waals surface area contributed by atoms with Gasteiger partial charge in [0.05, 0.1) is 18.0 Å². The Hall–Kier alpha value is -2.54. The van der Waals surface area contributed by atoms with E-state index in [9.17, 15) is 9.90 Å². The highest BCUT2D eigenvalue weighted by molar-refractivity contribution is 7.99. The van der Waals surface area contributed by atoms with Crippen molar-refractivity contribution in [3.63, 3.8) is 0 Å². The Morgan fingerprint density at radius 1 is 1.23 bits per heavy atom. The molecular weight excluding hydrogens is 350 g/mol. The Kier molecular flexibility index (Phi) is 4.55. The van der Waals surface area contributed by atoms with E-state index < -0.39 is 0 Å². The van der Waals surface area contributed by atoms with Gasteiger partial charge >= 0.3 is 12.0 Å². The number of aromatic nitrogens is 3. The molecule has 1 N–H and O–H groups in total. The predicted octanol–water partition coefficient (Wildman–Crippen LogP) is 3.66. The van der Waals surface area contributed by atoms with Crippen LogP contribution >= 0.6 is 11.8 Å². The molecule has 1 fully saturated rings. The Bertz CT molecular complexity index is 966. The zero-order valence-electron chi connectivity index (χ0n) is 14.4. The molecule has 1 aromatic heterocycles. The third-order valence-corrected chi connectivity index (χ3v) is 5.34. The van der Waals surface area contributed by atoms with Gasteiger partial charge in [0.25, 0.3) is 0 Å². The lowest BCUT2D eigenvalue weighted by Gasteiger charge is -2.13. The summed E-state index contributed by atoms with van der Waals surface area (Å²) in [6.45, 7) is 2.11. The maximum absolute atomic E-state index is 11.6. The number of carbonyl (C=O) groups is 1. The molecular formula is C19H19N3O3S. The van der Waals surface area contributed by atoms with Crippen molar-refractivity contribution >= 4 is 28.5 Å². The number of carbonyl (C=O) groups excluding carboxylic acids is 1. The second kappa shape index (κ2) is 6.99. The average Bonchev–Trinajstić information content (AvgIpc) is 3.43. The Morgan fingerprint density at radius 3 is 2.73 bits per heavy atom. The standard InChI is InChI=1S/C19H19N3O3S/c1-2-25-17(23)11-26-19-21-20-18(24)22(19)16-10-9-13(12-7-8-12)14-5-3-4-6-15(14)16/h3-6,9-10,12H,2,7-8,11H2,1H3,(H,20,24). The van der Waals surface area contributed by atoms with Crippen LogP contribution in [0.1, 0.15) is 31.2 Å². The lowest BCUT2D eigenvalue weighted by Crippen LogP contribution is -2.08. The lowest BCUT2D eigenvalue weighted by molar-refractivity contribution is -0.139. The minimum Gasteiger partial charge on any atom is -0.479 e. The fraction of sp³-hybridized carbons (Fsp3) is 0.316. The highest BCUT2D eigenvalue weighted by Gasteiger charge is 2.26. The second-order valence-corrected chi connectivity index (χ2v) is 7.15. The highest BCUT2D eigenvalue weighted by Crippen LogP contribution is 2.44. The zero-order chi connectivity index (χ0) is 18.1. The van der Waals surface area contributed by atoms with Gasteiger partial charge in [0.15, 0.2) is 5.16 Å². The summed E-state index contributed by atoms with van der Waals surface area (Å²) in [6.07, 6.45) is 2.45. The maximum atomic E-state index is 11.6. The van der Waals surface area contributed by atoms with E-state index in [2.05, 4.69) is 22.3 Å². The molecule has 0 aliphatic heterocycles. The number of nitrogens with zero attached hydrogens (tertiary/aromatic N) is 3. The van der Waals surface area contributed by atoms with Crippen molar-refractivity contribution in [2.45, 2.75) is 30.8 Å². The van der Waals surface area contributed by atoms with Crippen LogP contribution in [0.2, 0.25) is 0 Å². The van der Waals surface area contributed by atoms with Crippen molar-refractivity contribution in [2.75, 3.05) is 12.4 Å². The molecule has 26 heavy (non-hydrogen) atoms. The van der Waals surface area contributed by atoms with Crippen molar-refractivity contribution in [3.05, 3.63) is 42.0 Å². The Labute approximate surface area is 155 Å². The summed E-state index contributed by atoms with van der Waals surface area (Å²) in [6, 6.07) is 12.1. The number of ether oxygens (including phenoxy) is 1. The number of hydrogen-bond donors (Lipinski definition) is 1. The molecule has 134 valence electrons. The van der Waals surface area contributed by atoms with Gasteiger partial charge in [-0.25, -0.2) is 4.57 Å². The van der Waals surface area contributed by atoms with Gasteiger partial charge in [-0.15, -0.1) is 5.10 Å². The molecule has 1 heterocycles. The molecule has 7 heteroatoms. The molecule has 1 saturated carbocycles. The molecule has 2 aromatic carbocycles. The third kappa shape index (κ3) is 3.14. The predicted molar refractivity (Wildman–Crippen MR) is 99.9 cm³/mol. The first-order chi connectivity index (χ1) is 12.7. The van der Waals surface area contributed by atoms with Crippen LogP contribution in [0.5, 0.6) is 6.01 Å². The fourth-order valence-corrected chi connectivity index (χ4v) is 3.88. The van der Waals surface area contributed by atoms with Crippen molar-refractivity contribution in [1.29, 1.82) is 0 Å². The SMILES string of the molecule is CCOC(=O)CSc1nnc(O)n1-c1ccc(C2CC2)c2ccccc12. The van der Waals surface area contributed by atoms with E-state index in [1.807, 2.05) is 24.3 Å². The first-order valence-electron chi connectivity index (χ1n) is 8.64. The van der Waals surface area contributed by atoms with Crippen LogP contribution < -0.4 is 0 Å². The number of hydrogen-bond acceptors (Lipinski definition) is 6. The number of aromatic hydroxyl groups is 1. The van der Waals surface area contributed by atoms with Gasteiger partial charge in [-0.05, 0) is 42.7 Å². The van der Waals surface area contributed by atoms with Crippen molar-refractivity contribution in [3.8, 4) is 11.7 Å². The lowest BCUT2D eigenvalue weighted by atomic mass is 9.99. The van der Waals surface area contributed by atoms with Gasteiger partial charge < -0.3 is 9.84 Å². The monoisotopic (exact) mass is 369 g/mol. The summed E-state index contributed by atoms with van der Waals surface area (Å²) in [5.41, 5.74) is 2.15. The van der Waals surface area contributed by atoms with Crippen molar-refractivity contribution in [1.82, 2.24) is 14.8 Å². The van der Waals surface area contributed by atoms with E-state index >= 15 is 0 Å². The topological polar surface area (TPSA) is 77.2 Å². The van der Waals surface area contributed by atoms with E-state index in [-0.39, 0.29) is 17.7 Å². The van der Waals surface area contributed by atoms with Crippen LogP contribution in [0.4, 0.5) is 0 Å². The van der Waals surface area contributed by atoms with Gasteiger partial charge in [-0.2, -0.15) is 0 Å². The molecule has 3 aromatic rings. The molecule has 0 unspecified atom stereocenters. The fourth-order valence-electron chi connectivity index (χ4n) is 3.14. The minimum atomic E-state index is -0.319. The molecule has 0 saturated heterocycles. The van der Waals surface area contributed by atoms with E-state index in [1.165, 1.54) is 35.6 Å². The quantitative estimate of drug-likeness (QED) is 0.528. The van der Waals surface area contributed by atoms with Crippen LogP contribution in [-0.4, -0.2) is 38.2 Å². The first-order valence-corrected chi connectivity index (χ1v) is 9.62. The number of fused-ring (bicyclic) bond motifs is 1. The molecule has 1 aliphatic carbocycles. The molecule has 0 radical (unpaired) electrons. The minimum absolute atomic E-state index is 0.115. The van der Waals surface area contributed by atoms with E-state index in [1.54, 1.807) is 11.5 Å². The van der Waals surface area contributed by atoms with E-state index in [0.717, 1.165) is 11.1 Å². The smallest absolute Gasteiger partial charge is 0.319 e. The van der Waals surface area contributed by atoms with Gasteiger partial charge in [0.1, 0.15) is 0 Å². The van der Waals surface area contributed by atoms with Gasteiger partial charge in [0, 0.05) is 5.39 Å². The van der Waals surface area contributed by atoms with Crippen LogP contribution in [0.15, 0.2) is 41.6 Å². The summed E-state index contributed by atoms with van der Waals surface area (Å²) in [5.74, 6) is 0.422. The first kappa shape index (κ1) is 16.9. The van der Waals surface area contributed by atoms with Gasteiger partial charge in [-0.1, -0.05) is 47.2 Å². The summed E-state index contributed by atoms with van der Waals surface area (Å²) in [4.78, 5) is 11.6. The van der Waals surface area contributed by atoms with Gasteiger partial charge in [0.2, 0.25) is 0 Å². The molecule has 0 amide bonds. The van der Waals surface area contributed by atoms with Crippen LogP contribution in [0, 0.1) is 0 Å². The third-order valence-electron chi connectivity index (χ3n) is 4.43. The molecule has 1 aliphatic rings. The maximum Gasteiger partial charge on any atom is 0.319 e. The van der Waals surface area contributed by atoms with Crippen LogP contribution in [0.3, 0.4) is 0 Å². The largest absolute Gasteiger partial charge is 0.479 e. The molecule has 6 nitrogen and oxygen atoms in total. The summed E-state index contributed by atoms with van der Waals surface area (Å²) in [5, 5.41) is 20.7. The van der Waals surface area contributed by atoms with Crippen LogP contribution in [-0.2, 0) is 9.53 Å². The molecule has 4 rings (SSSR count). The average molecular weight is 369 g/mol. The second-order valence-electron chi connectivity index (χ2n) is 6.21. The highest BCUT2D eigenvalue weighted by atomic mass is 32.2. The van der Waals surface area contributed by atoms with E-state index in [0.29, 0.717) is 17.7 Å². The number of rotatable bonds is 6. The Balaban J connectivity index is 1.75. The summed E-state index contributed by atoms with van der Waals surface area (Å²) in [7, 11) is 0. The summed E-state index contributed by atoms with van der Waals surface area (Å²) >= 11 is 1.20. The zero-order valence-corrected chi connectivity index (χ0v) is 15.2. The van der Waals surface area contributed by atoms with E-state index in [4.69, 9.17) is 4.74 Å². The number of esters is 1. The Morgan fingerprint density at radius 2 is 2.00 bits per heavy atom. The van der Waals surface area contributed by atoms with Gasteiger partial charge in [-0.3, -0.25) is 4.79 Å². The number of thioether (sulfide) groups is 1. The summed E-state index contributed by atoms with van der Waals surface area (Å²) < 4.78 is 6.54. The van der Waals surface area contributed by atoms with Crippen molar-refractivity contribution in [2.24, 2.45) is 0 Å². The van der Waals surface area contributed by atoms with Crippen LogP contribution in [0.25, 0.3) is 16.5 Å². The van der Waals surface area contributed by atoms with Crippen molar-refractivity contribution < 1.29 is 14.6 Å². The molecule has 0 atom stereocenters.